The number of nitrogens with zero attached hydrogens (tertiary/aromatic N) is 1. The third-order valence-corrected chi connectivity index (χ3v) is 5.10. The van der Waals surface area contributed by atoms with E-state index in [1.165, 1.54) is 10.9 Å². The zero-order valence-electron chi connectivity index (χ0n) is 15.1. The van der Waals surface area contributed by atoms with E-state index in [1.807, 2.05) is 42.6 Å². The number of aromatic nitrogens is 1. The van der Waals surface area contributed by atoms with Crippen LogP contribution >= 0.6 is 0 Å². The molecule has 1 aromatic heterocycles. The van der Waals surface area contributed by atoms with Gasteiger partial charge in [-0.25, -0.2) is 0 Å². The van der Waals surface area contributed by atoms with Crippen molar-refractivity contribution in [3.8, 4) is 5.75 Å². The number of H-pyrrole nitrogens is 1. The highest BCUT2D eigenvalue weighted by molar-refractivity contribution is 5.84. The molecule has 0 radical (unpaired) electrons. The first-order valence-electron chi connectivity index (χ1n) is 9.22. The highest BCUT2D eigenvalue weighted by atomic mass is 16.5. The fraction of sp³-hybridized carbons (Fsp3) is 0.318. The number of carbonyl (C=O) groups excluding carboxylic acids is 1. The SMILES string of the molecule is COc1ccc(CN(C(=O)CCc2c[nH]c3ccccc23)C2CC2)cc1. The Hall–Kier alpha value is -2.75. The summed E-state index contributed by atoms with van der Waals surface area (Å²) in [6.45, 7) is 0.682. The van der Waals surface area contributed by atoms with Crippen LogP contribution in [-0.4, -0.2) is 28.9 Å². The molecule has 1 fully saturated rings. The monoisotopic (exact) mass is 348 g/mol. The maximum Gasteiger partial charge on any atom is 0.223 e. The predicted molar refractivity (Wildman–Crippen MR) is 103 cm³/mol. The fourth-order valence-corrected chi connectivity index (χ4v) is 3.46. The van der Waals surface area contributed by atoms with Crippen LogP contribution in [0.3, 0.4) is 0 Å². The zero-order valence-corrected chi connectivity index (χ0v) is 15.1. The Labute approximate surface area is 153 Å². The number of amides is 1. The Kier molecular flexibility index (Phi) is 4.65. The second-order valence-electron chi connectivity index (χ2n) is 6.96. The molecule has 134 valence electrons. The summed E-state index contributed by atoms with van der Waals surface area (Å²) in [7, 11) is 1.67. The molecule has 1 N–H and O–H groups in total. The van der Waals surface area contributed by atoms with Gasteiger partial charge in [0.1, 0.15) is 5.75 Å². The van der Waals surface area contributed by atoms with Crippen LogP contribution in [0.5, 0.6) is 5.75 Å². The van der Waals surface area contributed by atoms with E-state index in [4.69, 9.17) is 4.74 Å². The van der Waals surface area contributed by atoms with E-state index in [0.29, 0.717) is 19.0 Å². The molecule has 1 aliphatic carbocycles. The van der Waals surface area contributed by atoms with E-state index in [1.54, 1.807) is 7.11 Å². The number of para-hydroxylation sites is 1. The van der Waals surface area contributed by atoms with Gasteiger partial charge in [-0.2, -0.15) is 0 Å². The number of hydrogen-bond acceptors (Lipinski definition) is 2. The number of carbonyl (C=O) groups is 1. The van der Waals surface area contributed by atoms with Crippen LogP contribution in [-0.2, 0) is 17.8 Å². The third kappa shape index (κ3) is 3.59. The predicted octanol–water partition coefficient (Wildman–Crippen LogP) is 4.30. The molecule has 26 heavy (non-hydrogen) atoms. The second kappa shape index (κ2) is 7.24. The minimum Gasteiger partial charge on any atom is -0.497 e. The van der Waals surface area contributed by atoms with E-state index < -0.39 is 0 Å². The van der Waals surface area contributed by atoms with Crippen LogP contribution in [0.25, 0.3) is 10.9 Å². The molecule has 0 bridgehead atoms. The van der Waals surface area contributed by atoms with E-state index in [2.05, 4.69) is 22.0 Å². The summed E-state index contributed by atoms with van der Waals surface area (Å²) in [6, 6.07) is 16.7. The van der Waals surface area contributed by atoms with Gasteiger partial charge in [-0.1, -0.05) is 30.3 Å². The van der Waals surface area contributed by atoms with Crippen molar-refractivity contribution in [1.82, 2.24) is 9.88 Å². The Morgan fingerprint density at radius 2 is 1.92 bits per heavy atom. The molecule has 3 aromatic rings. The third-order valence-electron chi connectivity index (χ3n) is 5.10. The summed E-state index contributed by atoms with van der Waals surface area (Å²) in [6.07, 6.45) is 5.59. The number of ether oxygens (including phenoxy) is 1. The van der Waals surface area contributed by atoms with Gasteiger partial charge in [0.15, 0.2) is 0 Å². The number of fused-ring (bicyclic) bond motifs is 1. The first-order valence-corrected chi connectivity index (χ1v) is 9.22. The van der Waals surface area contributed by atoms with Crippen molar-refractivity contribution in [3.63, 3.8) is 0 Å². The molecule has 4 rings (SSSR count). The summed E-state index contributed by atoms with van der Waals surface area (Å²) >= 11 is 0. The molecule has 0 unspecified atom stereocenters. The van der Waals surface area contributed by atoms with Gasteiger partial charge < -0.3 is 14.6 Å². The van der Waals surface area contributed by atoms with Gasteiger partial charge in [-0.3, -0.25) is 4.79 Å². The van der Waals surface area contributed by atoms with Crippen LogP contribution < -0.4 is 4.74 Å². The van der Waals surface area contributed by atoms with Gasteiger partial charge in [0, 0.05) is 36.1 Å². The van der Waals surface area contributed by atoms with Crippen molar-refractivity contribution in [1.29, 1.82) is 0 Å². The first kappa shape index (κ1) is 16.7. The summed E-state index contributed by atoms with van der Waals surface area (Å²) in [5, 5.41) is 1.22. The molecular formula is C22H24N2O2. The topological polar surface area (TPSA) is 45.3 Å². The van der Waals surface area contributed by atoms with Crippen molar-refractivity contribution in [2.45, 2.75) is 38.3 Å². The minimum absolute atomic E-state index is 0.244. The number of aromatic amines is 1. The van der Waals surface area contributed by atoms with E-state index in [-0.39, 0.29) is 5.91 Å². The summed E-state index contributed by atoms with van der Waals surface area (Å²) in [5.74, 6) is 1.09. The molecule has 1 amide bonds. The molecule has 4 nitrogen and oxygen atoms in total. The quantitative estimate of drug-likeness (QED) is 0.692. The summed E-state index contributed by atoms with van der Waals surface area (Å²) < 4.78 is 5.21. The molecule has 0 saturated heterocycles. The Morgan fingerprint density at radius 1 is 1.15 bits per heavy atom. The largest absolute Gasteiger partial charge is 0.497 e. The molecule has 4 heteroatoms. The first-order chi connectivity index (χ1) is 12.7. The Morgan fingerprint density at radius 3 is 2.65 bits per heavy atom. The maximum atomic E-state index is 12.9. The number of benzene rings is 2. The van der Waals surface area contributed by atoms with E-state index in [9.17, 15) is 4.79 Å². The lowest BCUT2D eigenvalue weighted by molar-refractivity contribution is -0.132. The van der Waals surface area contributed by atoms with Crippen molar-refractivity contribution < 1.29 is 9.53 Å². The molecule has 1 heterocycles. The Balaban J connectivity index is 1.42. The molecule has 0 atom stereocenters. The number of hydrogen-bond donors (Lipinski definition) is 1. The highest BCUT2D eigenvalue weighted by Crippen LogP contribution is 2.30. The highest BCUT2D eigenvalue weighted by Gasteiger charge is 2.32. The molecule has 1 aliphatic rings. The van der Waals surface area contributed by atoms with Crippen LogP contribution in [0.1, 0.15) is 30.4 Å². The van der Waals surface area contributed by atoms with Crippen molar-refractivity contribution in [2.75, 3.05) is 7.11 Å². The molecule has 0 spiro atoms. The lowest BCUT2D eigenvalue weighted by Crippen LogP contribution is -2.32. The van der Waals surface area contributed by atoms with Crippen LogP contribution in [0.4, 0.5) is 0 Å². The van der Waals surface area contributed by atoms with E-state index in [0.717, 1.165) is 36.1 Å². The number of aryl methyl sites for hydroxylation is 1. The van der Waals surface area contributed by atoms with Gasteiger partial charge in [0.25, 0.3) is 0 Å². The van der Waals surface area contributed by atoms with Crippen LogP contribution in [0.2, 0.25) is 0 Å². The van der Waals surface area contributed by atoms with Gasteiger partial charge >= 0.3 is 0 Å². The standard InChI is InChI=1S/C22H24N2O2/c1-26-19-11-6-16(7-12-19)15-24(18-9-10-18)22(25)13-8-17-14-23-21-5-3-2-4-20(17)21/h2-7,11-12,14,18,23H,8-10,13,15H2,1H3. The van der Waals surface area contributed by atoms with Crippen molar-refractivity contribution in [2.24, 2.45) is 0 Å². The fourth-order valence-electron chi connectivity index (χ4n) is 3.46. The molecule has 0 aliphatic heterocycles. The van der Waals surface area contributed by atoms with Crippen LogP contribution in [0.15, 0.2) is 54.7 Å². The molecule has 2 aromatic carbocycles. The number of rotatable bonds is 7. The number of methoxy groups -OCH3 is 1. The van der Waals surface area contributed by atoms with Gasteiger partial charge in [-0.05, 0) is 48.6 Å². The van der Waals surface area contributed by atoms with Gasteiger partial charge in [-0.15, -0.1) is 0 Å². The molecular weight excluding hydrogens is 324 g/mol. The normalized spacial score (nSPS) is 13.7. The second-order valence-corrected chi connectivity index (χ2v) is 6.96. The van der Waals surface area contributed by atoms with E-state index >= 15 is 0 Å². The smallest absolute Gasteiger partial charge is 0.223 e. The Bertz CT molecular complexity index is 894. The summed E-state index contributed by atoms with van der Waals surface area (Å²) in [5.41, 5.74) is 3.50. The average Bonchev–Trinajstić information content (AvgIpc) is 3.44. The summed E-state index contributed by atoms with van der Waals surface area (Å²) in [4.78, 5) is 18.2. The van der Waals surface area contributed by atoms with Crippen molar-refractivity contribution >= 4 is 16.8 Å². The van der Waals surface area contributed by atoms with Crippen molar-refractivity contribution in [3.05, 3.63) is 65.9 Å². The lowest BCUT2D eigenvalue weighted by atomic mass is 10.1. The van der Waals surface area contributed by atoms with Gasteiger partial charge in [0.05, 0.1) is 7.11 Å². The van der Waals surface area contributed by atoms with Gasteiger partial charge in [0.2, 0.25) is 5.91 Å². The maximum absolute atomic E-state index is 12.9. The average molecular weight is 348 g/mol. The van der Waals surface area contributed by atoms with Crippen LogP contribution in [0, 0.1) is 0 Å². The lowest BCUT2D eigenvalue weighted by Gasteiger charge is -2.23. The molecule has 1 saturated carbocycles. The number of nitrogens with one attached hydrogen (secondary N) is 1. The zero-order chi connectivity index (χ0) is 17.9. The minimum atomic E-state index is 0.244.